The number of ether oxygens (including phenoxy) is 1. The Balaban J connectivity index is 1.87. The molecule has 1 aliphatic rings. The highest BCUT2D eigenvalue weighted by molar-refractivity contribution is 5.83. The summed E-state index contributed by atoms with van der Waals surface area (Å²) in [5.74, 6) is 0.678. The molecule has 116 valence electrons. The molecule has 0 saturated carbocycles. The summed E-state index contributed by atoms with van der Waals surface area (Å²) in [6.45, 7) is 9.63. The Morgan fingerprint density at radius 2 is 2.14 bits per heavy atom. The van der Waals surface area contributed by atoms with Gasteiger partial charge in [-0.25, -0.2) is 0 Å². The summed E-state index contributed by atoms with van der Waals surface area (Å²) in [4.78, 5) is 14.6. The molecule has 5 nitrogen and oxygen atoms in total. The number of carbonyl (C=O) groups excluding carboxylic acids is 1. The third-order valence-electron chi connectivity index (χ3n) is 3.74. The van der Waals surface area contributed by atoms with Gasteiger partial charge < -0.3 is 20.3 Å². The molecular formula is C16H25N3O2. The van der Waals surface area contributed by atoms with E-state index in [9.17, 15) is 4.79 Å². The van der Waals surface area contributed by atoms with Gasteiger partial charge in [-0.05, 0) is 32.1 Å². The zero-order valence-electron chi connectivity index (χ0n) is 13.1. The number of benzene rings is 1. The Hall–Kier alpha value is -1.75. The second-order valence-corrected chi connectivity index (χ2v) is 5.38. The fraction of sp³-hybridized carbons (Fsp3) is 0.562. The maximum atomic E-state index is 12.3. The molecular weight excluding hydrogens is 266 g/mol. The van der Waals surface area contributed by atoms with E-state index in [1.165, 1.54) is 0 Å². The minimum atomic E-state index is -0.473. The minimum absolute atomic E-state index is 0.0586. The Kier molecular flexibility index (Phi) is 5.44. The molecule has 2 atom stereocenters. The number of carbonyl (C=O) groups is 1. The molecule has 2 rings (SSSR count). The van der Waals surface area contributed by atoms with Gasteiger partial charge in [-0.2, -0.15) is 0 Å². The lowest BCUT2D eigenvalue weighted by molar-refractivity contribution is -0.128. The molecule has 5 heteroatoms. The van der Waals surface area contributed by atoms with E-state index < -0.39 is 6.10 Å². The first-order valence-corrected chi connectivity index (χ1v) is 7.66. The van der Waals surface area contributed by atoms with E-state index in [1.807, 2.05) is 31.2 Å². The molecule has 0 fully saturated rings. The maximum Gasteiger partial charge on any atom is 0.263 e. The molecule has 21 heavy (non-hydrogen) atoms. The summed E-state index contributed by atoms with van der Waals surface area (Å²) in [5.41, 5.74) is 0.942. The van der Waals surface area contributed by atoms with Gasteiger partial charge in [0.2, 0.25) is 0 Å². The Morgan fingerprint density at radius 3 is 2.86 bits per heavy atom. The van der Waals surface area contributed by atoms with Crippen LogP contribution in [0.4, 0.5) is 5.69 Å². The molecule has 0 bridgehead atoms. The molecule has 2 N–H and O–H groups in total. The Labute approximate surface area is 126 Å². The number of hydrogen-bond donors (Lipinski definition) is 2. The molecule has 0 saturated heterocycles. The zero-order chi connectivity index (χ0) is 15.2. The lowest BCUT2D eigenvalue weighted by Crippen LogP contribution is -2.50. The molecule has 0 aliphatic carbocycles. The second kappa shape index (κ2) is 7.31. The van der Waals surface area contributed by atoms with Gasteiger partial charge in [-0.3, -0.25) is 4.79 Å². The van der Waals surface area contributed by atoms with Crippen molar-refractivity contribution in [2.75, 3.05) is 31.5 Å². The number of para-hydroxylation sites is 2. The third-order valence-corrected chi connectivity index (χ3v) is 3.74. The van der Waals surface area contributed by atoms with Gasteiger partial charge in [0.15, 0.2) is 6.10 Å². The second-order valence-electron chi connectivity index (χ2n) is 5.38. The molecule has 0 radical (unpaired) electrons. The summed E-state index contributed by atoms with van der Waals surface area (Å²) in [5, 5.41) is 6.27. The molecule has 1 aromatic carbocycles. The molecule has 1 aromatic rings. The fourth-order valence-electron chi connectivity index (χ4n) is 2.51. The van der Waals surface area contributed by atoms with Gasteiger partial charge in [-0.15, -0.1) is 0 Å². The molecule has 0 spiro atoms. The van der Waals surface area contributed by atoms with Crippen LogP contribution in [0.15, 0.2) is 24.3 Å². The van der Waals surface area contributed by atoms with Crippen LogP contribution < -0.4 is 15.4 Å². The van der Waals surface area contributed by atoms with Gasteiger partial charge in [0, 0.05) is 12.6 Å². The van der Waals surface area contributed by atoms with E-state index in [0.29, 0.717) is 6.54 Å². The van der Waals surface area contributed by atoms with Crippen LogP contribution in [-0.4, -0.2) is 49.1 Å². The summed E-state index contributed by atoms with van der Waals surface area (Å²) >= 11 is 0. The number of anilines is 1. The molecule has 1 aliphatic heterocycles. The van der Waals surface area contributed by atoms with Crippen molar-refractivity contribution in [2.45, 2.75) is 32.9 Å². The summed E-state index contributed by atoms with van der Waals surface area (Å²) < 4.78 is 5.76. The van der Waals surface area contributed by atoms with E-state index in [4.69, 9.17) is 4.74 Å². The highest BCUT2D eigenvalue weighted by Crippen LogP contribution is 2.28. The van der Waals surface area contributed by atoms with Crippen LogP contribution in [0.3, 0.4) is 0 Å². The zero-order valence-corrected chi connectivity index (χ0v) is 13.1. The van der Waals surface area contributed by atoms with Crippen LogP contribution in [0.2, 0.25) is 0 Å². The van der Waals surface area contributed by atoms with Crippen molar-refractivity contribution in [1.82, 2.24) is 10.2 Å². The number of rotatable bonds is 6. The van der Waals surface area contributed by atoms with Crippen LogP contribution in [0.25, 0.3) is 0 Å². The molecule has 1 amide bonds. The topological polar surface area (TPSA) is 53.6 Å². The van der Waals surface area contributed by atoms with Gasteiger partial charge in [0.25, 0.3) is 5.91 Å². The van der Waals surface area contributed by atoms with Crippen molar-refractivity contribution in [1.29, 1.82) is 0 Å². The van der Waals surface area contributed by atoms with Crippen LogP contribution in [0.1, 0.15) is 20.8 Å². The van der Waals surface area contributed by atoms with E-state index in [-0.39, 0.29) is 11.9 Å². The van der Waals surface area contributed by atoms with Crippen molar-refractivity contribution in [3.63, 3.8) is 0 Å². The van der Waals surface area contributed by atoms with Gasteiger partial charge in [0.05, 0.1) is 12.2 Å². The van der Waals surface area contributed by atoms with Crippen molar-refractivity contribution in [2.24, 2.45) is 0 Å². The van der Waals surface area contributed by atoms with Crippen LogP contribution in [0, 0.1) is 0 Å². The van der Waals surface area contributed by atoms with Crippen LogP contribution >= 0.6 is 0 Å². The van der Waals surface area contributed by atoms with Gasteiger partial charge in [-0.1, -0.05) is 26.0 Å². The standard InChI is InChI=1S/C16H25N3O2/c1-4-19(5-2)11-12(3)18-16(20)15-10-17-13-8-6-7-9-14(13)21-15/h6-9,12,15,17H,4-5,10-11H2,1-3H3,(H,18,20). The Morgan fingerprint density at radius 1 is 1.43 bits per heavy atom. The lowest BCUT2D eigenvalue weighted by Gasteiger charge is -2.29. The van der Waals surface area contributed by atoms with Crippen LogP contribution in [0.5, 0.6) is 5.75 Å². The Bertz CT molecular complexity index is 474. The number of amides is 1. The van der Waals surface area contributed by atoms with Gasteiger partial charge >= 0.3 is 0 Å². The SMILES string of the molecule is CCN(CC)CC(C)NC(=O)C1CNc2ccccc2O1. The number of hydrogen-bond acceptors (Lipinski definition) is 4. The van der Waals surface area contributed by atoms with Crippen molar-refractivity contribution in [3.8, 4) is 5.75 Å². The molecule has 0 aromatic heterocycles. The van der Waals surface area contributed by atoms with Gasteiger partial charge in [0.1, 0.15) is 5.75 Å². The molecule has 1 heterocycles. The lowest BCUT2D eigenvalue weighted by atomic mass is 10.2. The predicted octanol–water partition coefficient (Wildman–Crippen LogP) is 1.71. The largest absolute Gasteiger partial charge is 0.477 e. The van der Waals surface area contributed by atoms with E-state index >= 15 is 0 Å². The number of likely N-dealkylation sites (N-methyl/N-ethyl adjacent to an activating group) is 1. The van der Waals surface area contributed by atoms with Crippen molar-refractivity contribution >= 4 is 11.6 Å². The van der Waals surface area contributed by atoms with Crippen LogP contribution in [-0.2, 0) is 4.79 Å². The average Bonchev–Trinajstić information content (AvgIpc) is 2.52. The summed E-state index contributed by atoms with van der Waals surface area (Å²) in [6.07, 6.45) is -0.473. The fourth-order valence-corrected chi connectivity index (χ4v) is 2.51. The maximum absolute atomic E-state index is 12.3. The smallest absolute Gasteiger partial charge is 0.263 e. The normalized spacial score (nSPS) is 18.4. The predicted molar refractivity (Wildman–Crippen MR) is 84.7 cm³/mol. The number of nitrogens with one attached hydrogen (secondary N) is 2. The van der Waals surface area contributed by atoms with Crippen molar-refractivity contribution in [3.05, 3.63) is 24.3 Å². The number of nitrogens with zero attached hydrogens (tertiary/aromatic N) is 1. The first-order chi connectivity index (χ1) is 10.1. The molecule has 2 unspecified atom stereocenters. The van der Waals surface area contributed by atoms with Crippen molar-refractivity contribution < 1.29 is 9.53 Å². The average molecular weight is 291 g/mol. The van der Waals surface area contributed by atoms with E-state index in [1.54, 1.807) is 0 Å². The van der Waals surface area contributed by atoms with E-state index in [0.717, 1.165) is 31.1 Å². The first-order valence-electron chi connectivity index (χ1n) is 7.66. The number of fused-ring (bicyclic) bond motifs is 1. The first kappa shape index (κ1) is 15.6. The highest BCUT2D eigenvalue weighted by atomic mass is 16.5. The summed E-state index contributed by atoms with van der Waals surface area (Å²) in [7, 11) is 0. The minimum Gasteiger partial charge on any atom is -0.477 e. The third kappa shape index (κ3) is 4.11. The summed E-state index contributed by atoms with van der Waals surface area (Å²) in [6, 6.07) is 7.79. The highest BCUT2D eigenvalue weighted by Gasteiger charge is 2.26. The van der Waals surface area contributed by atoms with E-state index in [2.05, 4.69) is 29.4 Å². The monoisotopic (exact) mass is 291 g/mol. The quantitative estimate of drug-likeness (QED) is 0.838.